The Morgan fingerprint density at radius 1 is 1.35 bits per heavy atom. The highest BCUT2D eigenvalue weighted by Gasteiger charge is 2.21. The molecule has 1 aromatic carbocycles. The van der Waals surface area contributed by atoms with E-state index in [-0.39, 0.29) is 17.3 Å². The standard InChI is InChI=1S/C16H18ClFO2/c17-14-9-8-13(10-15(14)18)12-6-4-11(5-7-12)2-1-3-16(19)20/h1-2,8-12H,3-7H2,(H,19,20)/t11-,12-. The van der Waals surface area contributed by atoms with Crippen LogP contribution < -0.4 is 0 Å². The number of carboxylic acid groups (broad SMARTS) is 1. The lowest BCUT2D eigenvalue weighted by molar-refractivity contribution is -0.136. The van der Waals surface area contributed by atoms with Crippen molar-refractivity contribution in [3.8, 4) is 0 Å². The van der Waals surface area contributed by atoms with Gasteiger partial charge < -0.3 is 5.11 Å². The number of hydrogen-bond donors (Lipinski definition) is 1. The third-order valence-electron chi connectivity index (χ3n) is 3.89. The van der Waals surface area contributed by atoms with Gasteiger partial charge in [0.25, 0.3) is 0 Å². The molecule has 0 aromatic heterocycles. The zero-order chi connectivity index (χ0) is 14.5. The zero-order valence-corrected chi connectivity index (χ0v) is 11.9. The first kappa shape index (κ1) is 15.0. The number of rotatable bonds is 4. The zero-order valence-electron chi connectivity index (χ0n) is 11.2. The van der Waals surface area contributed by atoms with Crippen LogP contribution in [0, 0.1) is 11.7 Å². The molecular formula is C16H18ClFO2. The number of allylic oxidation sites excluding steroid dienone is 1. The summed E-state index contributed by atoms with van der Waals surface area (Å²) in [5.74, 6) is -0.326. The average molecular weight is 297 g/mol. The van der Waals surface area contributed by atoms with Crippen molar-refractivity contribution in [2.24, 2.45) is 5.92 Å². The highest BCUT2D eigenvalue weighted by atomic mass is 35.5. The van der Waals surface area contributed by atoms with Gasteiger partial charge in [0.1, 0.15) is 5.82 Å². The molecule has 1 saturated carbocycles. The largest absolute Gasteiger partial charge is 0.481 e. The Balaban J connectivity index is 1.89. The van der Waals surface area contributed by atoms with Crippen molar-refractivity contribution in [1.82, 2.24) is 0 Å². The van der Waals surface area contributed by atoms with Crippen LogP contribution in [0.5, 0.6) is 0 Å². The van der Waals surface area contributed by atoms with Gasteiger partial charge in [0, 0.05) is 0 Å². The number of aliphatic carboxylic acids is 1. The number of hydrogen-bond acceptors (Lipinski definition) is 1. The van der Waals surface area contributed by atoms with Crippen molar-refractivity contribution in [1.29, 1.82) is 0 Å². The molecule has 4 heteroatoms. The maximum Gasteiger partial charge on any atom is 0.307 e. The molecule has 0 radical (unpaired) electrons. The van der Waals surface area contributed by atoms with Crippen LogP contribution in [-0.2, 0) is 4.79 Å². The number of carboxylic acids is 1. The van der Waals surface area contributed by atoms with Crippen molar-refractivity contribution >= 4 is 17.6 Å². The van der Waals surface area contributed by atoms with Gasteiger partial charge in [0.15, 0.2) is 0 Å². The van der Waals surface area contributed by atoms with Gasteiger partial charge in [-0.15, -0.1) is 0 Å². The molecule has 1 aliphatic carbocycles. The fourth-order valence-electron chi connectivity index (χ4n) is 2.77. The van der Waals surface area contributed by atoms with E-state index in [9.17, 15) is 9.18 Å². The topological polar surface area (TPSA) is 37.3 Å². The van der Waals surface area contributed by atoms with E-state index in [1.54, 1.807) is 12.1 Å². The quantitative estimate of drug-likeness (QED) is 0.812. The maximum absolute atomic E-state index is 13.5. The molecule has 0 bridgehead atoms. The van der Waals surface area contributed by atoms with E-state index >= 15 is 0 Å². The molecule has 1 N–H and O–H groups in total. The van der Waals surface area contributed by atoms with E-state index in [2.05, 4.69) is 0 Å². The smallest absolute Gasteiger partial charge is 0.307 e. The van der Waals surface area contributed by atoms with Crippen molar-refractivity contribution < 1.29 is 14.3 Å². The van der Waals surface area contributed by atoms with Gasteiger partial charge in [-0.1, -0.05) is 29.8 Å². The van der Waals surface area contributed by atoms with Crippen molar-refractivity contribution in [2.75, 3.05) is 0 Å². The van der Waals surface area contributed by atoms with Crippen LogP contribution in [0.3, 0.4) is 0 Å². The number of carbonyl (C=O) groups is 1. The average Bonchev–Trinajstić information content (AvgIpc) is 2.42. The van der Waals surface area contributed by atoms with Gasteiger partial charge in [-0.25, -0.2) is 4.39 Å². The Bertz CT molecular complexity index is 505. The Labute approximate surface area is 123 Å². The lowest BCUT2D eigenvalue weighted by Gasteiger charge is -2.27. The lowest BCUT2D eigenvalue weighted by atomic mass is 9.78. The number of benzene rings is 1. The van der Waals surface area contributed by atoms with Crippen LogP contribution >= 0.6 is 11.6 Å². The third kappa shape index (κ3) is 4.07. The van der Waals surface area contributed by atoms with Gasteiger partial charge in [-0.3, -0.25) is 4.79 Å². The fourth-order valence-corrected chi connectivity index (χ4v) is 2.89. The minimum absolute atomic E-state index is 0.0856. The molecule has 0 saturated heterocycles. The van der Waals surface area contributed by atoms with Gasteiger partial charge in [0.05, 0.1) is 11.4 Å². The van der Waals surface area contributed by atoms with Crippen LogP contribution in [0.1, 0.15) is 43.6 Å². The molecule has 0 heterocycles. The second-order valence-corrected chi connectivity index (χ2v) is 5.72. The molecule has 0 atom stereocenters. The number of halogens is 2. The van der Waals surface area contributed by atoms with Crippen molar-refractivity contribution in [3.05, 3.63) is 46.8 Å². The summed E-state index contributed by atoms with van der Waals surface area (Å²) < 4.78 is 13.5. The minimum atomic E-state index is -0.799. The Morgan fingerprint density at radius 3 is 2.65 bits per heavy atom. The lowest BCUT2D eigenvalue weighted by Crippen LogP contribution is -2.12. The predicted molar refractivity (Wildman–Crippen MR) is 77.5 cm³/mol. The molecular weight excluding hydrogens is 279 g/mol. The first-order valence-corrected chi connectivity index (χ1v) is 7.27. The molecule has 108 valence electrons. The van der Waals surface area contributed by atoms with Gasteiger partial charge in [-0.2, -0.15) is 0 Å². The molecule has 20 heavy (non-hydrogen) atoms. The summed E-state index contributed by atoms with van der Waals surface area (Å²) in [6, 6.07) is 5.05. The van der Waals surface area contributed by atoms with Gasteiger partial charge in [-0.05, 0) is 55.2 Å². The van der Waals surface area contributed by atoms with Gasteiger partial charge >= 0.3 is 5.97 Å². The molecule has 1 aromatic rings. The molecule has 1 fully saturated rings. The first-order valence-electron chi connectivity index (χ1n) is 6.89. The Kier molecular flexibility index (Phi) is 5.18. The van der Waals surface area contributed by atoms with Crippen LogP contribution in [0.25, 0.3) is 0 Å². The summed E-state index contributed by atoms with van der Waals surface area (Å²) in [5.41, 5.74) is 1.01. The molecule has 0 amide bonds. The van der Waals surface area contributed by atoms with E-state index in [0.717, 1.165) is 31.2 Å². The van der Waals surface area contributed by atoms with Crippen LogP contribution in [0.4, 0.5) is 4.39 Å². The van der Waals surface area contributed by atoms with E-state index in [1.807, 2.05) is 12.1 Å². The first-order chi connectivity index (χ1) is 9.56. The Morgan fingerprint density at radius 2 is 2.05 bits per heavy atom. The monoisotopic (exact) mass is 296 g/mol. The minimum Gasteiger partial charge on any atom is -0.481 e. The maximum atomic E-state index is 13.5. The highest BCUT2D eigenvalue weighted by molar-refractivity contribution is 6.30. The summed E-state index contributed by atoms with van der Waals surface area (Å²) in [5, 5.41) is 8.75. The van der Waals surface area contributed by atoms with Crippen LogP contribution in [-0.4, -0.2) is 11.1 Å². The summed E-state index contributed by atoms with van der Waals surface area (Å²) in [6.07, 6.45) is 7.87. The van der Waals surface area contributed by atoms with Crippen LogP contribution in [0.15, 0.2) is 30.4 Å². The summed E-state index contributed by atoms with van der Waals surface area (Å²) in [6.45, 7) is 0. The molecule has 0 unspecified atom stereocenters. The second kappa shape index (κ2) is 6.89. The summed E-state index contributed by atoms with van der Waals surface area (Å²) in [7, 11) is 0. The SMILES string of the molecule is O=C(O)CC=C[C@H]1CC[C@H](c2ccc(Cl)c(F)c2)CC1. The van der Waals surface area contributed by atoms with Crippen molar-refractivity contribution in [3.63, 3.8) is 0 Å². The van der Waals surface area contributed by atoms with Gasteiger partial charge in [0.2, 0.25) is 0 Å². The second-order valence-electron chi connectivity index (χ2n) is 5.31. The molecule has 0 spiro atoms. The highest BCUT2D eigenvalue weighted by Crippen LogP contribution is 2.37. The van der Waals surface area contributed by atoms with Crippen molar-refractivity contribution in [2.45, 2.75) is 38.0 Å². The van der Waals surface area contributed by atoms with E-state index in [1.165, 1.54) is 6.07 Å². The van der Waals surface area contributed by atoms with E-state index in [4.69, 9.17) is 16.7 Å². The molecule has 1 aliphatic rings. The van der Waals surface area contributed by atoms with E-state index in [0.29, 0.717) is 11.8 Å². The Hall–Kier alpha value is -1.35. The predicted octanol–water partition coefficient (Wildman–Crippen LogP) is 4.78. The van der Waals surface area contributed by atoms with Crippen LogP contribution in [0.2, 0.25) is 5.02 Å². The van der Waals surface area contributed by atoms with E-state index < -0.39 is 5.97 Å². The summed E-state index contributed by atoms with van der Waals surface area (Å²) >= 11 is 5.69. The molecule has 2 nitrogen and oxygen atoms in total. The molecule has 2 rings (SSSR count). The summed E-state index contributed by atoms with van der Waals surface area (Å²) in [4.78, 5) is 10.4. The third-order valence-corrected chi connectivity index (χ3v) is 4.19. The normalized spacial score (nSPS) is 23.1. The fraction of sp³-hybridized carbons (Fsp3) is 0.438. The molecule has 0 aliphatic heterocycles.